The van der Waals surface area contributed by atoms with Gasteiger partial charge >= 0.3 is 0 Å². The Morgan fingerprint density at radius 1 is 1.25 bits per heavy atom. The quantitative estimate of drug-likeness (QED) is 0.497. The van der Waals surface area contributed by atoms with E-state index < -0.39 is 8.32 Å². The lowest BCUT2D eigenvalue weighted by atomic mass is 9.90. The van der Waals surface area contributed by atoms with Crippen molar-refractivity contribution in [3.63, 3.8) is 0 Å². The van der Waals surface area contributed by atoms with Gasteiger partial charge in [0.15, 0.2) is 8.32 Å². The average Bonchev–Trinajstić information content (AvgIpc) is 2.27. The van der Waals surface area contributed by atoms with Crippen molar-refractivity contribution in [2.24, 2.45) is 5.92 Å². The number of aliphatic hydroxyl groups is 1. The van der Waals surface area contributed by atoms with Crippen LogP contribution in [0.2, 0.25) is 18.1 Å². The number of hydrogen-bond donors (Lipinski definition) is 1. The summed E-state index contributed by atoms with van der Waals surface area (Å²) in [5.74, 6) is 0.187. The zero-order valence-corrected chi connectivity index (χ0v) is 15.9. The fourth-order valence-corrected chi connectivity index (χ4v) is 3.70. The summed E-state index contributed by atoms with van der Waals surface area (Å²) < 4.78 is 6.44. The van der Waals surface area contributed by atoms with Crippen molar-refractivity contribution < 1.29 is 9.53 Å². The van der Waals surface area contributed by atoms with Crippen molar-refractivity contribution in [1.29, 1.82) is 0 Å². The summed E-state index contributed by atoms with van der Waals surface area (Å²) in [5, 5.41) is 10.7. The highest BCUT2D eigenvalue weighted by atomic mass is 28.4. The molecule has 0 aromatic rings. The Balaban J connectivity index is 4.78. The molecule has 0 unspecified atom stereocenters. The van der Waals surface area contributed by atoms with Gasteiger partial charge in [0, 0.05) is 12.0 Å². The zero-order valence-electron chi connectivity index (χ0n) is 14.9. The van der Waals surface area contributed by atoms with Gasteiger partial charge in [-0.15, -0.1) is 0 Å². The van der Waals surface area contributed by atoms with Crippen LogP contribution < -0.4 is 0 Å². The van der Waals surface area contributed by atoms with Crippen LogP contribution in [0.3, 0.4) is 0 Å². The molecule has 0 aromatic carbocycles. The first-order valence-electron chi connectivity index (χ1n) is 7.98. The fraction of sp³-hybridized carbons (Fsp3) is 0.882. The lowest BCUT2D eigenvalue weighted by molar-refractivity contribution is 0.0257. The zero-order chi connectivity index (χ0) is 16.1. The molecule has 0 amide bonds. The van der Waals surface area contributed by atoms with Crippen LogP contribution in [0.1, 0.15) is 60.8 Å². The van der Waals surface area contributed by atoms with Crippen LogP contribution in [0, 0.1) is 5.92 Å². The van der Waals surface area contributed by atoms with Crippen LogP contribution in [0.5, 0.6) is 0 Å². The molecule has 0 aliphatic heterocycles. The summed E-state index contributed by atoms with van der Waals surface area (Å²) in [6.07, 6.45) is 2.33. The molecule has 2 nitrogen and oxygen atoms in total. The number of aliphatic hydroxyl groups excluding tert-OH is 1. The van der Waals surface area contributed by atoms with Gasteiger partial charge in [0.1, 0.15) is 0 Å². The summed E-state index contributed by atoms with van der Waals surface area (Å²) in [4.78, 5) is 0. The van der Waals surface area contributed by atoms with E-state index in [0.717, 1.165) is 18.4 Å². The topological polar surface area (TPSA) is 29.5 Å². The van der Waals surface area contributed by atoms with E-state index in [9.17, 15) is 5.11 Å². The second kappa shape index (κ2) is 7.76. The van der Waals surface area contributed by atoms with Gasteiger partial charge in [0.25, 0.3) is 0 Å². The summed E-state index contributed by atoms with van der Waals surface area (Å²) in [7, 11) is -1.77. The minimum atomic E-state index is -1.77. The van der Waals surface area contributed by atoms with E-state index in [1.807, 2.05) is 0 Å². The number of rotatable bonds is 8. The fourth-order valence-electron chi connectivity index (χ4n) is 2.24. The number of hydrogen-bond acceptors (Lipinski definition) is 2. The van der Waals surface area contributed by atoms with Gasteiger partial charge < -0.3 is 9.53 Å². The summed E-state index contributed by atoms with van der Waals surface area (Å²) in [6, 6.07) is 0. The van der Waals surface area contributed by atoms with E-state index in [2.05, 4.69) is 61.2 Å². The molecule has 0 aromatic heterocycles. The summed E-state index contributed by atoms with van der Waals surface area (Å²) in [5.41, 5.74) is 1.12. The van der Waals surface area contributed by atoms with Gasteiger partial charge in [0.05, 0.1) is 6.10 Å². The second-order valence-corrected chi connectivity index (χ2v) is 12.3. The SMILES string of the molecule is C=C(CC)C[C@@H](O)[C@H](CC)[C@@H](C)O[Si](C)(C)C(C)(C)C. The molecule has 3 heteroatoms. The molecule has 0 aliphatic rings. The highest BCUT2D eigenvalue weighted by Gasteiger charge is 2.40. The van der Waals surface area contributed by atoms with E-state index in [1.54, 1.807) is 0 Å². The van der Waals surface area contributed by atoms with Crippen LogP contribution >= 0.6 is 0 Å². The van der Waals surface area contributed by atoms with Crippen molar-refractivity contribution in [1.82, 2.24) is 0 Å². The smallest absolute Gasteiger partial charge is 0.192 e. The second-order valence-electron chi connectivity index (χ2n) is 7.53. The van der Waals surface area contributed by atoms with Crippen molar-refractivity contribution in [3.05, 3.63) is 12.2 Å². The minimum absolute atomic E-state index is 0.0977. The molecule has 0 rings (SSSR count). The molecular weight excluding hydrogens is 264 g/mol. The summed E-state index contributed by atoms with van der Waals surface area (Å²) in [6.45, 7) is 21.6. The normalized spacial score (nSPS) is 17.6. The molecular formula is C17H36O2Si. The van der Waals surface area contributed by atoms with Crippen molar-refractivity contribution in [3.8, 4) is 0 Å². The van der Waals surface area contributed by atoms with Gasteiger partial charge in [-0.2, -0.15) is 0 Å². The van der Waals surface area contributed by atoms with Crippen molar-refractivity contribution in [2.45, 2.75) is 91.1 Å². The van der Waals surface area contributed by atoms with Gasteiger partial charge in [-0.3, -0.25) is 0 Å². The van der Waals surface area contributed by atoms with Gasteiger partial charge in [-0.1, -0.05) is 46.8 Å². The Kier molecular flexibility index (Phi) is 7.72. The first-order chi connectivity index (χ1) is 8.96. The average molecular weight is 301 g/mol. The van der Waals surface area contributed by atoms with Gasteiger partial charge in [0.2, 0.25) is 0 Å². The van der Waals surface area contributed by atoms with E-state index in [0.29, 0.717) is 6.42 Å². The van der Waals surface area contributed by atoms with Crippen LogP contribution in [0.25, 0.3) is 0 Å². The van der Waals surface area contributed by atoms with Crippen LogP contribution in [-0.2, 0) is 4.43 Å². The Hall–Kier alpha value is -0.123. The van der Waals surface area contributed by atoms with Crippen LogP contribution in [-0.4, -0.2) is 25.6 Å². The van der Waals surface area contributed by atoms with E-state index in [1.165, 1.54) is 0 Å². The van der Waals surface area contributed by atoms with Crippen molar-refractivity contribution >= 4 is 8.32 Å². The third kappa shape index (κ3) is 5.70. The molecule has 0 radical (unpaired) electrons. The first kappa shape index (κ1) is 19.9. The maximum absolute atomic E-state index is 10.5. The molecule has 0 spiro atoms. The summed E-state index contributed by atoms with van der Waals surface area (Å²) >= 11 is 0. The predicted molar refractivity (Wildman–Crippen MR) is 91.6 cm³/mol. The molecule has 1 N–H and O–H groups in total. The van der Waals surface area contributed by atoms with Gasteiger partial charge in [-0.05, 0) is 44.3 Å². The maximum Gasteiger partial charge on any atom is 0.192 e. The molecule has 3 atom stereocenters. The Morgan fingerprint density at radius 2 is 1.75 bits per heavy atom. The molecule has 0 heterocycles. The molecule has 0 bridgehead atoms. The molecule has 0 saturated carbocycles. The standard InChI is InChI=1S/C17H36O2Si/c1-10-13(3)12-16(18)15(11-2)14(4)19-20(8,9)17(5,6)7/h14-16,18H,3,10-12H2,1-2,4-9H3/t14-,15-,16-/m1/s1. The maximum atomic E-state index is 10.5. The van der Waals surface area contributed by atoms with E-state index in [4.69, 9.17) is 4.43 Å². The Labute approximate surface area is 127 Å². The predicted octanol–water partition coefficient (Wildman–Crippen LogP) is 5.14. The highest BCUT2D eigenvalue weighted by Crippen LogP contribution is 2.38. The van der Waals surface area contributed by atoms with E-state index in [-0.39, 0.29) is 23.2 Å². The van der Waals surface area contributed by atoms with Crippen LogP contribution in [0.4, 0.5) is 0 Å². The third-order valence-electron chi connectivity index (χ3n) is 4.85. The molecule has 0 fully saturated rings. The van der Waals surface area contributed by atoms with Crippen molar-refractivity contribution in [2.75, 3.05) is 0 Å². The van der Waals surface area contributed by atoms with E-state index >= 15 is 0 Å². The van der Waals surface area contributed by atoms with Gasteiger partial charge in [-0.25, -0.2) is 0 Å². The molecule has 0 aliphatic carbocycles. The Morgan fingerprint density at radius 3 is 2.10 bits per heavy atom. The molecule has 20 heavy (non-hydrogen) atoms. The minimum Gasteiger partial charge on any atom is -0.414 e. The lowest BCUT2D eigenvalue weighted by Crippen LogP contribution is -2.46. The molecule has 0 saturated heterocycles. The Bertz CT molecular complexity index is 305. The van der Waals surface area contributed by atoms with Crippen LogP contribution in [0.15, 0.2) is 12.2 Å². The highest BCUT2D eigenvalue weighted by molar-refractivity contribution is 6.74. The first-order valence-corrected chi connectivity index (χ1v) is 10.9. The molecule has 120 valence electrons. The monoisotopic (exact) mass is 300 g/mol. The largest absolute Gasteiger partial charge is 0.414 e. The lowest BCUT2D eigenvalue weighted by Gasteiger charge is -2.41. The third-order valence-corrected chi connectivity index (χ3v) is 9.43.